The molecule has 2 aliphatic heterocycles. The van der Waals surface area contributed by atoms with Gasteiger partial charge in [-0.3, -0.25) is 4.18 Å². The lowest BCUT2D eigenvalue weighted by Crippen LogP contribution is -2.54. The van der Waals surface area contributed by atoms with Gasteiger partial charge >= 0.3 is 0 Å². The Morgan fingerprint density at radius 2 is 1.53 bits per heavy atom. The number of ether oxygens (including phenoxy) is 2. The third kappa shape index (κ3) is 6.22. The van der Waals surface area contributed by atoms with Crippen molar-refractivity contribution in [2.45, 2.75) is 137 Å². The first-order valence-corrected chi connectivity index (χ1v) is 22.2. The maximum absolute atomic E-state index is 12.4. The number of hydrogen-bond acceptors (Lipinski definition) is 6. The Labute approximate surface area is 265 Å². The zero-order chi connectivity index (χ0) is 31.8. The Hall–Kier alpha value is 0.00688. The van der Waals surface area contributed by atoms with E-state index in [4.69, 9.17) is 18.1 Å². The fraction of sp³-hybridized carbons (Fsp3) is 1.00. The van der Waals surface area contributed by atoms with Crippen molar-refractivity contribution in [2.75, 3.05) is 26.1 Å². The molecule has 6 nitrogen and oxygen atoms in total. The maximum atomic E-state index is 12.4. The van der Waals surface area contributed by atoms with Gasteiger partial charge in [0.2, 0.25) is 0 Å². The van der Waals surface area contributed by atoms with Gasteiger partial charge in [-0.25, -0.2) is 0 Å². The molecule has 3 aliphatic carbocycles. The monoisotopic (exact) mass is 640 g/mol. The van der Waals surface area contributed by atoms with E-state index in [1.807, 2.05) is 0 Å². The molecule has 2 saturated heterocycles. The molecule has 8 heteroatoms. The highest BCUT2D eigenvalue weighted by atomic mass is 32.2. The minimum Gasteiger partial charge on any atom is -0.417 e. The molecular weight excluding hydrogens is 577 g/mol. The Morgan fingerprint density at radius 3 is 2.14 bits per heavy atom. The molecule has 0 aromatic carbocycles. The van der Waals surface area contributed by atoms with Gasteiger partial charge in [0.05, 0.1) is 25.6 Å². The largest absolute Gasteiger partial charge is 0.417 e. The van der Waals surface area contributed by atoms with Crippen LogP contribution in [0.25, 0.3) is 0 Å². The third-order valence-corrected chi connectivity index (χ3v) is 19.3. The summed E-state index contributed by atoms with van der Waals surface area (Å²) in [7, 11) is -5.43. The zero-order valence-electron chi connectivity index (χ0n) is 29.3. The van der Waals surface area contributed by atoms with Crippen LogP contribution in [0, 0.1) is 58.2 Å². The van der Waals surface area contributed by atoms with Crippen LogP contribution in [0.5, 0.6) is 0 Å². The van der Waals surface area contributed by atoms with Crippen LogP contribution >= 0.6 is 0 Å². The molecule has 12 atom stereocenters. The first-order chi connectivity index (χ1) is 19.7. The van der Waals surface area contributed by atoms with Crippen molar-refractivity contribution in [3.05, 3.63) is 0 Å². The molecular formula is C35H64O6SSi. The zero-order valence-corrected chi connectivity index (χ0v) is 31.1. The molecule has 0 aromatic rings. The lowest BCUT2D eigenvalue weighted by atomic mass is 9.48. The molecule has 5 aliphatic rings. The predicted octanol–water partition coefficient (Wildman–Crippen LogP) is 8.27. The summed E-state index contributed by atoms with van der Waals surface area (Å²) >= 11 is 0. The maximum Gasteiger partial charge on any atom is 0.264 e. The average Bonchev–Trinajstić information content (AvgIpc) is 3.33. The number of hydrogen-bond donors (Lipinski definition) is 0. The molecule has 0 amide bonds. The summed E-state index contributed by atoms with van der Waals surface area (Å²) in [5.41, 5.74) is 0.184. The molecule has 43 heavy (non-hydrogen) atoms. The van der Waals surface area contributed by atoms with Gasteiger partial charge in [0.1, 0.15) is 0 Å². The van der Waals surface area contributed by atoms with E-state index in [1.54, 1.807) is 0 Å². The van der Waals surface area contributed by atoms with Crippen molar-refractivity contribution in [1.82, 2.24) is 0 Å². The van der Waals surface area contributed by atoms with E-state index in [0.29, 0.717) is 41.4 Å². The first-order valence-electron chi connectivity index (χ1n) is 17.5. The lowest BCUT2D eigenvalue weighted by molar-refractivity contribution is -0.272. The van der Waals surface area contributed by atoms with Crippen molar-refractivity contribution in [1.29, 1.82) is 0 Å². The quantitative estimate of drug-likeness (QED) is 0.206. The molecule has 250 valence electrons. The topological polar surface area (TPSA) is 71.1 Å². The van der Waals surface area contributed by atoms with Gasteiger partial charge < -0.3 is 13.9 Å². The van der Waals surface area contributed by atoms with Crippen LogP contribution in [0.15, 0.2) is 0 Å². The van der Waals surface area contributed by atoms with Gasteiger partial charge in [-0.2, -0.15) is 8.42 Å². The smallest absolute Gasteiger partial charge is 0.264 e. The Morgan fingerprint density at radius 1 is 0.884 bits per heavy atom. The van der Waals surface area contributed by atoms with Crippen LogP contribution in [0.4, 0.5) is 0 Å². The summed E-state index contributed by atoms with van der Waals surface area (Å²) < 4.78 is 51.1. The van der Waals surface area contributed by atoms with Crippen LogP contribution in [-0.2, 0) is 28.2 Å². The Balaban J connectivity index is 1.44. The first kappa shape index (κ1) is 34.3. The minimum absolute atomic E-state index is 0.0908. The lowest BCUT2D eigenvalue weighted by Gasteiger charge is -2.58. The standard InChI is InChI=1S/C35H64O6SSi/c1-23-12-15-33(7,26(18-23)21-40-43(10,11)32(4,5)6)28-14-16-34(8)29(27(28)22-39-42(9,36)37)19-30-31(34)25(3)35(41-30)17-13-24(2)20-38-35/h23-31H,12-22H2,1-11H3/t23-,24?,25-,26+,27+,28-,29-,30-,31-,33-,34-,35+/m0/s1. The van der Waals surface area contributed by atoms with E-state index < -0.39 is 24.2 Å². The molecule has 0 radical (unpaired) electrons. The van der Waals surface area contributed by atoms with Crippen molar-refractivity contribution < 1.29 is 26.5 Å². The molecule has 0 bridgehead atoms. The highest BCUT2D eigenvalue weighted by Gasteiger charge is 2.68. The van der Waals surface area contributed by atoms with E-state index in [0.717, 1.165) is 38.9 Å². The van der Waals surface area contributed by atoms with Crippen molar-refractivity contribution >= 4 is 18.4 Å². The van der Waals surface area contributed by atoms with Gasteiger partial charge in [0, 0.05) is 18.9 Å². The second kappa shape index (κ2) is 11.6. The van der Waals surface area contributed by atoms with Gasteiger partial charge in [-0.1, -0.05) is 61.8 Å². The minimum atomic E-state index is -3.54. The highest BCUT2D eigenvalue weighted by molar-refractivity contribution is 7.85. The normalized spacial score (nSPS) is 47.5. The van der Waals surface area contributed by atoms with Crippen LogP contribution in [0.3, 0.4) is 0 Å². The van der Waals surface area contributed by atoms with Crippen molar-refractivity contribution in [3.63, 3.8) is 0 Å². The molecule has 1 unspecified atom stereocenters. The van der Waals surface area contributed by atoms with Crippen molar-refractivity contribution in [2.24, 2.45) is 58.2 Å². The fourth-order valence-electron chi connectivity index (χ4n) is 10.5. The number of rotatable bonds is 7. The molecule has 0 aromatic heterocycles. The van der Waals surface area contributed by atoms with Crippen LogP contribution in [0.2, 0.25) is 18.1 Å². The summed E-state index contributed by atoms with van der Waals surface area (Å²) in [6.07, 6.45) is 10.4. The molecule has 5 rings (SSSR count). The van der Waals surface area contributed by atoms with E-state index in [2.05, 4.69) is 68.5 Å². The summed E-state index contributed by atoms with van der Waals surface area (Å²) in [6.45, 7) is 25.7. The van der Waals surface area contributed by atoms with E-state index in [9.17, 15) is 8.42 Å². The SMILES string of the molecule is CC1CC[C@@]2(OC1)O[C@H]1C[C@H]3[C@H](COS(C)(=O)=O)[C@@H]([C@@]4(C)CC[C@H](C)C[C@@H]4CO[Si](C)(C)C(C)(C)C)CC[C@]3(C)[C@H]1[C@@H]2C. The van der Waals surface area contributed by atoms with Gasteiger partial charge in [-0.05, 0) is 109 Å². The average molecular weight is 641 g/mol. The Bertz CT molecular complexity index is 1110. The fourth-order valence-corrected chi connectivity index (χ4v) is 11.9. The third-order valence-electron chi connectivity index (χ3n) is 14.3. The molecule has 5 fully saturated rings. The van der Waals surface area contributed by atoms with Gasteiger partial charge in [0.25, 0.3) is 10.1 Å². The van der Waals surface area contributed by atoms with Crippen LogP contribution in [-0.4, -0.2) is 54.7 Å². The van der Waals surface area contributed by atoms with Gasteiger partial charge in [-0.15, -0.1) is 0 Å². The summed E-state index contributed by atoms with van der Waals surface area (Å²) in [5.74, 6) is 3.05. The second-order valence-electron chi connectivity index (χ2n) is 18.0. The predicted molar refractivity (Wildman–Crippen MR) is 176 cm³/mol. The summed E-state index contributed by atoms with van der Waals surface area (Å²) in [5, 5.41) is 0.179. The molecule has 2 heterocycles. The Kier molecular flexibility index (Phi) is 9.27. The van der Waals surface area contributed by atoms with E-state index >= 15 is 0 Å². The van der Waals surface area contributed by atoms with Crippen LogP contribution < -0.4 is 0 Å². The van der Waals surface area contributed by atoms with Crippen molar-refractivity contribution in [3.8, 4) is 0 Å². The number of fused-ring (bicyclic) bond motifs is 3. The second-order valence-corrected chi connectivity index (χ2v) is 24.5. The molecule has 0 N–H and O–H groups in total. The molecule has 1 spiro atoms. The summed E-state index contributed by atoms with van der Waals surface area (Å²) in [6, 6.07) is 0. The van der Waals surface area contributed by atoms with Crippen LogP contribution in [0.1, 0.15) is 107 Å². The summed E-state index contributed by atoms with van der Waals surface area (Å²) in [4.78, 5) is 0. The van der Waals surface area contributed by atoms with E-state index in [-0.39, 0.29) is 34.5 Å². The molecule has 3 saturated carbocycles. The van der Waals surface area contributed by atoms with E-state index in [1.165, 1.54) is 31.9 Å². The highest BCUT2D eigenvalue weighted by Crippen LogP contribution is 2.69. The van der Waals surface area contributed by atoms with Gasteiger partial charge in [0.15, 0.2) is 14.1 Å².